The monoisotopic (exact) mass is 394 g/mol. The quantitative estimate of drug-likeness (QED) is 0.244. The number of Topliss-reactive ketones (excluding diaryl/α,β-unsaturated/α-hetero) is 1. The molecule has 3 atom stereocenters. The van der Waals surface area contributed by atoms with E-state index in [4.69, 9.17) is 27.9 Å². The molecule has 0 heterocycles. The first-order valence-corrected chi connectivity index (χ1v) is 9.59. The van der Waals surface area contributed by atoms with E-state index in [0.29, 0.717) is 18.4 Å². The van der Waals surface area contributed by atoms with Crippen LogP contribution in [0.1, 0.15) is 44.0 Å². The van der Waals surface area contributed by atoms with Crippen molar-refractivity contribution in [3.05, 3.63) is 58.6 Å². The third-order valence-electron chi connectivity index (χ3n) is 5.40. The van der Waals surface area contributed by atoms with Crippen molar-refractivity contribution in [2.45, 2.75) is 33.6 Å². The summed E-state index contributed by atoms with van der Waals surface area (Å²) in [5, 5.41) is 0. The van der Waals surface area contributed by atoms with Gasteiger partial charge in [0.2, 0.25) is 0 Å². The molecule has 0 spiro atoms. The number of benzene rings is 1. The van der Waals surface area contributed by atoms with Gasteiger partial charge in [0.05, 0.1) is 6.61 Å². The van der Waals surface area contributed by atoms with Crippen molar-refractivity contribution in [2.24, 2.45) is 16.7 Å². The van der Waals surface area contributed by atoms with Crippen LogP contribution in [0.3, 0.4) is 0 Å². The molecule has 5 heteroatoms. The standard InChI is InChI=1S/C21H24Cl2O3/c1-4-7-13-20(5-2)16(14-17(22)23)21(20,19(25)26-6-3)18(24)15-11-9-8-10-12-15/h4,7-12,14,16H,5-6,13H2,1-3H3. The zero-order valence-corrected chi connectivity index (χ0v) is 16.8. The summed E-state index contributed by atoms with van der Waals surface area (Å²) in [5.74, 6) is -1.15. The van der Waals surface area contributed by atoms with Crippen LogP contribution in [-0.4, -0.2) is 18.4 Å². The highest BCUT2D eigenvalue weighted by molar-refractivity contribution is 6.55. The van der Waals surface area contributed by atoms with E-state index < -0.39 is 22.7 Å². The number of allylic oxidation sites excluding steroid dienone is 3. The van der Waals surface area contributed by atoms with Crippen molar-refractivity contribution < 1.29 is 14.3 Å². The van der Waals surface area contributed by atoms with Gasteiger partial charge in [-0.15, -0.1) is 0 Å². The van der Waals surface area contributed by atoms with Crippen molar-refractivity contribution in [1.29, 1.82) is 0 Å². The number of hydrogen-bond acceptors (Lipinski definition) is 3. The lowest BCUT2D eigenvalue weighted by Crippen LogP contribution is -2.34. The van der Waals surface area contributed by atoms with Crippen molar-refractivity contribution >= 4 is 35.0 Å². The summed E-state index contributed by atoms with van der Waals surface area (Å²) in [6, 6.07) is 8.85. The molecule has 0 N–H and O–H groups in total. The molecule has 1 aliphatic carbocycles. The summed E-state index contributed by atoms with van der Waals surface area (Å²) in [4.78, 5) is 26.6. The first-order valence-electron chi connectivity index (χ1n) is 8.83. The van der Waals surface area contributed by atoms with Crippen LogP contribution < -0.4 is 0 Å². The largest absolute Gasteiger partial charge is 0.465 e. The van der Waals surface area contributed by atoms with Gasteiger partial charge in [0.25, 0.3) is 0 Å². The second kappa shape index (κ2) is 8.41. The maximum absolute atomic E-state index is 13.5. The molecule has 1 aromatic carbocycles. The Kier molecular flexibility index (Phi) is 6.70. The predicted molar refractivity (Wildman–Crippen MR) is 105 cm³/mol. The number of rotatable bonds is 8. The molecule has 3 unspecified atom stereocenters. The van der Waals surface area contributed by atoms with Crippen molar-refractivity contribution in [1.82, 2.24) is 0 Å². The SMILES string of the molecule is CC=CCC1(CC)C(C=C(Cl)Cl)C1(C(=O)OCC)C(=O)c1ccccc1. The van der Waals surface area contributed by atoms with Crippen LogP contribution in [0.25, 0.3) is 0 Å². The minimum atomic E-state index is -1.31. The maximum Gasteiger partial charge on any atom is 0.321 e. The van der Waals surface area contributed by atoms with E-state index >= 15 is 0 Å². The third kappa shape index (κ3) is 3.23. The summed E-state index contributed by atoms with van der Waals surface area (Å²) in [5.41, 5.74) is -1.43. The Labute approximate surface area is 165 Å². The van der Waals surface area contributed by atoms with Gasteiger partial charge in [-0.05, 0) is 32.8 Å². The normalized spacial score (nSPS) is 27.2. The highest BCUT2D eigenvalue weighted by Crippen LogP contribution is 2.75. The maximum atomic E-state index is 13.5. The lowest BCUT2D eigenvalue weighted by Gasteiger charge is -2.21. The Bertz CT molecular complexity index is 722. The van der Waals surface area contributed by atoms with Gasteiger partial charge in [-0.3, -0.25) is 9.59 Å². The molecule has 140 valence electrons. The molecule has 0 saturated heterocycles. The van der Waals surface area contributed by atoms with Gasteiger partial charge in [0.15, 0.2) is 5.78 Å². The lowest BCUT2D eigenvalue weighted by atomic mass is 9.82. The first kappa shape index (κ1) is 20.7. The summed E-state index contributed by atoms with van der Waals surface area (Å²) >= 11 is 11.9. The average molecular weight is 395 g/mol. The van der Waals surface area contributed by atoms with Crippen LogP contribution in [0, 0.1) is 16.7 Å². The lowest BCUT2D eigenvalue weighted by molar-refractivity contribution is -0.149. The molecule has 0 amide bonds. The van der Waals surface area contributed by atoms with Crippen LogP contribution in [-0.2, 0) is 9.53 Å². The molecule has 0 aromatic heterocycles. The molecular formula is C21H24Cl2O3. The number of hydrogen-bond donors (Lipinski definition) is 0. The zero-order chi connectivity index (χ0) is 19.4. The van der Waals surface area contributed by atoms with Crippen LogP contribution in [0.4, 0.5) is 0 Å². The number of carbonyl (C=O) groups is 2. The van der Waals surface area contributed by atoms with E-state index in [1.165, 1.54) is 0 Å². The highest BCUT2D eigenvalue weighted by atomic mass is 35.5. The summed E-state index contributed by atoms with van der Waals surface area (Å²) in [6.45, 7) is 5.83. The number of ketones is 1. The second-order valence-corrected chi connectivity index (χ2v) is 7.45. The second-order valence-electron chi connectivity index (χ2n) is 6.44. The number of esters is 1. The summed E-state index contributed by atoms with van der Waals surface area (Å²) < 4.78 is 5.42. The molecule has 1 saturated carbocycles. The van der Waals surface area contributed by atoms with E-state index in [1.54, 1.807) is 37.3 Å². The van der Waals surface area contributed by atoms with Gasteiger partial charge in [-0.25, -0.2) is 0 Å². The Morgan fingerprint density at radius 2 is 1.85 bits per heavy atom. The number of halogens is 2. The van der Waals surface area contributed by atoms with E-state index in [-0.39, 0.29) is 16.9 Å². The molecule has 1 fully saturated rings. The molecule has 3 nitrogen and oxygen atoms in total. The van der Waals surface area contributed by atoms with Gasteiger partial charge in [-0.2, -0.15) is 0 Å². The van der Waals surface area contributed by atoms with Crippen LogP contribution in [0.5, 0.6) is 0 Å². The number of ether oxygens (including phenoxy) is 1. The topological polar surface area (TPSA) is 43.4 Å². The van der Waals surface area contributed by atoms with Gasteiger partial charge in [-0.1, -0.05) is 72.6 Å². The molecule has 0 aliphatic heterocycles. The van der Waals surface area contributed by atoms with E-state index in [9.17, 15) is 9.59 Å². The fourth-order valence-corrected chi connectivity index (χ4v) is 4.40. The first-order chi connectivity index (χ1) is 12.4. The van der Waals surface area contributed by atoms with Crippen LogP contribution in [0.2, 0.25) is 0 Å². The molecule has 0 radical (unpaired) electrons. The van der Waals surface area contributed by atoms with Crippen molar-refractivity contribution in [3.63, 3.8) is 0 Å². The van der Waals surface area contributed by atoms with Crippen molar-refractivity contribution in [2.75, 3.05) is 6.61 Å². The minimum Gasteiger partial charge on any atom is -0.465 e. The summed E-state index contributed by atoms with van der Waals surface area (Å²) in [6.07, 6.45) is 6.71. The zero-order valence-electron chi connectivity index (χ0n) is 15.3. The van der Waals surface area contributed by atoms with Gasteiger partial charge in [0.1, 0.15) is 9.91 Å². The van der Waals surface area contributed by atoms with E-state index in [0.717, 1.165) is 0 Å². The molecule has 2 rings (SSSR count). The van der Waals surface area contributed by atoms with Gasteiger partial charge >= 0.3 is 5.97 Å². The molecular weight excluding hydrogens is 371 g/mol. The molecule has 1 aromatic rings. The molecule has 26 heavy (non-hydrogen) atoms. The minimum absolute atomic E-state index is 0.0559. The predicted octanol–water partition coefficient (Wildman–Crippen LogP) is 5.73. The Balaban J connectivity index is 2.66. The van der Waals surface area contributed by atoms with E-state index in [1.807, 2.05) is 32.1 Å². The van der Waals surface area contributed by atoms with Crippen molar-refractivity contribution in [3.8, 4) is 0 Å². The van der Waals surface area contributed by atoms with Crippen LogP contribution >= 0.6 is 23.2 Å². The average Bonchev–Trinajstić information content (AvgIpc) is 3.21. The van der Waals surface area contributed by atoms with Gasteiger partial charge < -0.3 is 4.74 Å². The fourth-order valence-electron chi connectivity index (χ4n) is 4.15. The number of carbonyl (C=O) groups excluding carboxylic acids is 2. The fraction of sp³-hybridized carbons (Fsp3) is 0.429. The Hall–Kier alpha value is -1.58. The third-order valence-corrected chi connectivity index (χ3v) is 5.65. The van der Waals surface area contributed by atoms with E-state index in [2.05, 4.69) is 0 Å². The Morgan fingerprint density at radius 1 is 1.19 bits per heavy atom. The Morgan fingerprint density at radius 3 is 2.35 bits per heavy atom. The summed E-state index contributed by atoms with van der Waals surface area (Å²) in [7, 11) is 0. The molecule has 1 aliphatic rings. The molecule has 0 bridgehead atoms. The van der Waals surface area contributed by atoms with Crippen LogP contribution in [0.15, 0.2) is 53.1 Å². The smallest absolute Gasteiger partial charge is 0.321 e. The highest BCUT2D eigenvalue weighted by Gasteiger charge is 2.82. The van der Waals surface area contributed by atoms with Gasteiger partial charge in [0, 0.05) is 16.9 Å².